The van der Waals surface area contributed by atoms with Crippen LogP contribution in [0, 0.1) is 13.8 Å². The van der Waals surface area contributed by atoms with Crippen molar-refractivity contribution in [1.82, 2.24) is 24.6 Å². The third-order valence-electron chi connectivity index (χ3n) is 3.65. The van der Waals surface area contributed by atoms with Gasteiger partial charge >= 0.3 is 0 Å². The van der Waals surface area contributed by atoms with Crippen molar-refractivity contribution in [3.8, 4) is 0 Å². The lowest BCUT2D eigenvalue weighted by Crippen LogP contribution is -2.48. The van der Waals surface area contributed by atoms with Crippen molar-refractivity contribution >= 4 is 5.78 Å². The second-order valence-corrected chi connectivity index (χ2v) is 5.53. The van der Waals surface area contributed by atoms with Gasteiger partial charge in [-0.15, -0.1) is 0 Å². The summed E-state index contributed by atoms with van der Waals surface area (Å²) in [7, 11) is 0. The molecule has 0 radical (unpaired) electrons. The van der Waals surface area contributed by atoms with Crippen molar-refractivity contribution in [2.45, 2.75) is 33.4 Å². The van der Waals surface area contributed by atoms with Gasteiger partial charge < -0.3 is 5.32 Å². The predicted octanol–water partition coefficient (Wildman–Crippen LogP) is 1.14. The highest BCUT2D eigenvalue weighted by Crippen LogP contribution is 2.11. The van der Waals surface area contributed by atoms with Crippen LogP contribution in [0.3, 0.4) is 0 Å². The minimum absolute atomic E-state index is 0.563. The van der Waals surface area contributed by atoms with Crippen molar-refractivity contribution in [2.24, 2.45) is 0 Å². The number of nitrogens with zero attached hydrogens (tertiary/aromatic N) is 4. The molecule has 2 aromatic heterocycles. The Labute approximate surface area is 113 Å². The van der Waals surface area contributed by atoms with Crippen molar-refractivity contribution in [2.75, 3.05) is 19.6 Å². The molecular weight excluding hydrogens is 238 g/mol. The summed E-state index contributed by atoms with van der Waals surface area (Å²) in [6.07, 6.45) is 2.11. The van der Waals surface area contributed by atoms with Gasteiger partial charge in [0.2, 0.25) is 5.78 Å². The molecule has 102 valence electrons. The summed E-state index contributed by atoms with van der Waals surface area (Å²) in [4.78, 5) is 11.6. The zero-order valence-electron chi connectivity index (χ0n) is 11.8. The molecule has 1 N–H and O–H groups in total. The van der Waals surface area contributed by atoms with Crippen LogP contribution in [-0.2, 0) is 6.54 Å². The molecule has 1 atom stereocenters. The molecule has 19 heavy (non-hydrogen) atoms. The van der Waals surface area contributed by atoms with E-state index in [1.807, 2.05) is 6.92 Å². The van der Waals surface area contributed by atoms with Crippen LogP contribution in [0.1, 0.15) is 24.0 Å². The van der Waals surface area contributed by atoms with Crippen molar-refractivity contribution in [1.29, 1.82) is 0 Å². The summed E-state index contributed by atoms with van der Waals surface area (Å²) < 4.78 is 2.08. The van der Waals surface area contributed by atoms with Crippen molar-refractivity contribution in [3.05, 3.63) is 29.3 Å². The van der Waals surface area contributed by atoms with Crippen LogP contribution in [0.15, 0.2) is 12.3 Å². The molecule has 5 heteroatoms. The molecule has 2 aromatic rings. The van der Waals surface area contributed by atoms with E-state index in [1.54, 1.807) is 0 Å². The third-order valence-corrected chi connectivity index (χ3v) is 3.65. The Morgan fingerprint density at radius 1 is 1.37 bits per heavy atom. The van der Waals surface area contributed by atoms with E-state index in [4.69, 9.17) is 0 Å². The number of rotatable bonds is 2. The Morgan fingerprint density at radius 3 is 3.00 bits per heavy atom. The van der Waals surface area contributed by atoms with Crippen LogP contribution in [0.2, 0.25) is 0 Å². The molecule has 1 unspecified atom stereocenters. The molecular formula is C14H21N5. The van der Waals surface area contributed by atoms with E-state index in [0.717, 1.165) is 43.3 Å². The average molecular weight is 259 g/mol. The Hall–Kier alpha value is -1.46. The van der Waals surface area contributed by atoms with Crippen LogP contribution >= 0.6 is 0 Å². The lowest BCUT2D eigenvalue weighted by atomic mass is 10.2. The zero-order chi connectivity index (χ0) is 13.4. The first-order valence-electron chi connectivity index (χ1n) is 6.90. The van der Waals surface area contributed by atoms with Gasteiger partial charge in [0.1, 0.15) is 0 Å². The molecule has 1 saturated heterocycles. The third kappa shape index (κ3) is 2.62. The summed E-state index contributed by atoms with van der Waals surface area (Å²) >= 11 is 0. The predicted molar refractivity (Wildman–Crippen MR) is 75.2 cm³/mol. The highest BCUT2D eigenvalue weighted by atomic mass is 15.2. The summed E-state index contributed by atoms with van der Waals surface area (Å²) in [5.74, 6) is 0.815. The molecule has 0 aliphatic carbocycles. The molecule has 3 rings (SSSR count). The Balaban J connectivity index is 1.83. The number of imidazole rings is 1. The molecule has 1 fully saturated rings. The number of aryl methyl sites for hydroxylation is 2. The van der Waals surface area contributed by atoms with E-state index in [2.05, 4.69) is 50.7 Å². The highest BCUT2D eigenvalue weighted by Gasteiger charge is 2.17. The number of nitrogens with one attached hydrogen (secondary N) is 1. The number of fused-ring (bicyclic) bond motifs is 1. The first-order valence-corrected chi connectivity index (χ1v) is 6.90. The number of piperazine rings is 1. The van der Waals surface area contributed by atoms with Crippen LogP contribution < -0.4 is 5.32 Å². The van der Waals surface area contributed by atoms with Gasteiger partial charge in [-0.1, -0.05) is 0 Å². The highest BCUT2D eigenvalue weighted by molar-refractivity contribution is 5.34. The number of hydrogen-bond acceptors (Lipinski definition) is 4. The van der Waals surface area contributed by atoms with E-state index in [0.29, 0.717) is 6.04 Å². The van der Waals surface area contributed by atoms with E-state index in [1.165, 1.54) is 5.69 Å². The quantitative estimate of drug-likeness (QED) is 0.878. The second-order valence-electron chi connectivity index (χ2n) is 5.53. The van der Waals surface area contributed by atoms with Gasteiger partial charge in [-0.2, -0.15) is 0 Å². The molecule has 0 bridgehead atoms. The van der Waals surface area contributed by atoms with Crippen LogP contribution in [0.25, 0.3) is 5.78 Å². The van der Waals surface area contributed by atoms with E-state index >= 15 is 0 Å². The van der Waals surface area contributed by atoms with Crippen molar-refractivity contribution < 1.29 is 0 Å². The van der Waals surface area contributed by atoms with Gasteiger partial charge in [0.05, 0.1) is 5.69 Å². The summed E-state index contributed by atoms with van der Waals surface area (Å²) in [6.45, 7) is 10.5. The maximum absolute atomic E-state index is 4.64. The maximum atomic E-state index is 4.64. The Morgan fingerprint density at radius 2 is 2.21 bits per heavy atom. The Kier molecular flexibility index (Phi) is 3.24. The van der Waals surface area contributed by atoms with Crippen LogP contribution in [0.4, 0.5) is 0 Å². The van der Waals surface area contributed by atoms with E-state index < -0.39 is 0 Å². The second kappa shape index (κ2) is 4.90. The molecule has 1 aliphatic rings. The van der Waals surface area contributed by atoms with Crippen molar-refractivity contribution in [3.63, 3.8) is 0 Å². The van der Waals surface area contributed by atoms with Gasteiger partial charge in [-0.25, -0.2) is 9.97 Å². The Bertz CT molecular complexity index is 589. The first kappa shape index (κ1) is 12.6. The monoisotopic (exact) mass is 259 g/mol. The van der Waals surface area contributed by atoms with Gasteiger partial charge in [0, 0.05) is 49.8 Å². The number of hydrogen-bond donors (Lipinski definition) is 1. The van der Waals surface area contributed by atoms with Crippen LogP contribution in [-0.4, -0.2) is 44.9 Å². The zero-order valence-corrected chi connectivity index (χ0v) is 11.8. The molecule has 3 heterocycles. The molecule has 0 spiro atoms. The van der Waals surface area contributed by atoms with Gasteiger partial charge in [-0.05, 0) is 26.8 Å². The van der Waals surface area contributed by atoms with E-state index in [-0.39, 0.29) is 0 Å². The first-order chi connectivity index (χ1) is 9.11. The fourth-order valence-electron chi connectivity index (χ4n) is 2.78. The summed E-state index contributed by atoms with van der Waals surface area (Å²) in [5.41, 5.74) is 3.32. The largest absolute Gasteiger partial charge is 0.312 e. The lowest BCUT2D eigenvalue weighted by molar-refractivity contribution is 0.198. The summed E-state index contributed by atoms with van der Waals surface area (Å²) in [6, 6.07) is 2.65. The minimum atomic E-state index is 0.563. The molecule has 0 saturated carbocycles. The topological polar surface area (TPSA) is 45.5 Å². The smallest absolute Gasteiger partial charge is 0.234 e. The summed E-state index contributed by atoms with van der Waals surface area (Å²) in [5, 5.41) is 3.46. The fourth-order valence-corrected chi connectivity index (χ4v) is 2.78. The molecule has 1 aliphatic heterocycles. The van der Waals surface area contributed by atoms with Gasteiger partial charge in [0.25, 0.3) is 0 Å². The average Bonchev–Trinajstić information content (AvgIpc) is 2.71. The molecule has 0 amide bonds. The standard InChI is InChI=1S/C14H21N5/c1-10-6-12(3)19-9-13(17-14(19)16-10)8-18-5-4-15-11(2)7-18/h6,9,11,15H,4-5,7-8H2,1-3H3. The van der Waals surface area contributed by atoms with Gasteiger partial charge in [0.15, 0.2) is 0 Å². The number of aromatic nitrogens is 3. The lowest BCUT2D eigenvalue weighted by Gasteiger charge is -2.31. The SMILES string of the molecule is Cc1cc(C)n2cc(CN3CCNC(C)C3)nc2n1. The van der Waals surface area contributed by atoms with E-state index in [9.17, 15) is 0 Å². The normalized spacial score (nSPS) is 21.1. The maximum Gasteiger partial charge on any atom is 0.234 e. The fraction of sp³-hybridized carbons (Fsp3) is 0.571. The molecule has 0 aromatic carbocycles. The minimum Gasteiger partial charge on any atom is -0.312 e. The van der Waals surface area contributed by atoms with Crippen LogP contribution in [0.5, 0.6) is 0 Å². The van der Waals surface area contributed by atoms with Gasteiger partial charge in [-0.3, -0.25) is 9.30 Å². The molecule has 5 nitrogen and oxygen atoms in total.